The van der Waals surface area contributed by atoms with Crippen LogP contribution in [0.15, 0.2) is 12.1 Å². The molecule has 0 fully saturated rings. The quantitative estimate of drug-likeness (QED) is 0.794. The second-order valence-corrected chi connectivity index (χ2v) is 6.52. The summed E-state index contributed by atoms with van der Waals surface area (Å²) in [4.78, 5) is 24.0. The Labute approximate surface area is 132 Å². The topological polar surface area (TPSA) is 98.2 Å². The van der Waals surface area contributed by atoms with Gasteiger partial charge in [0.25, 0.3) is 5.91 Å². The van der Waals surface area contributed by atoms with Gasteiger partial charge in [0.15, 0.2) is 0 Å². The van der Waals surface area contributed by atoms with Crippen LogP contribution in [0.2, 0.25) is 0 Å². The van der Waals surface area contributed by atoms with E-state index in [9.17, 15) is 9.59 Å². The predicted octanol–water partition coefficient (Wildman–Crippen LogP) is 2.72. The van der Waals surface area contributed by atoms with Crippen LogP contribution < -0.4 is 16.8 Å². The third-order valence-electron chi connectivity index (χ3n) is 4.23. The summed E-state index contributed by atoms with van der Waals surface area (Å²) in [6.45, 7) is 4.21. The van der Waals surface area contributed by atoms with Crippen molar-refractivity contribution in [3.8, 4) is 10.4 Å². The van der Waals surface area contributed by atoms with Crippen LogP contribution in [0, 0.1) is 13.8 Å². The molecule has 1 aromatic heterocycles. The SMILES string of the molecule is Cc1ccc2c(c1C)CCc1c-2sc(NC(N)=O)c1C(N)=O. The summed E-state index contributed by atoms with van der Waals surface area (Å²) < 4.78 is 0. The first kappa shape index (κ1) is 14.6. The number of primary amides is 2. The van der Waals surface area contributed by atoms with Gasteiger partial charge in [-0.25, -0.2) is 4.79 Å². The number of carbonyl (C=O) groups excluding carboxylic acids is 2. The lowest BCUT2D eigenvalue weighted by atomic mass is 9.85. The molecule has 1 aromatic carbocycles. The van der Waals surface area contributed by atoms with E-state index in [-0.39, 0.29) is 0 Å². The molecule has 1 aliphatic rings. The highest BCUT2D eigenvalue weighted by Gasteiger charge is 2.28. The maximum Gasteiger partial charge on any atom is 0.317 e. The molecule has 114 valence electrons. The number of hydrogen-bond acceptors (Lipinski definition) is 3. The van der Waals surface area contributed by atoms with Crippen LogP contribution in [0.1, 0.15) is 32.6 Å². The van der Waals surface area contributed by atoms with Crippen molar-refractivity contribution in [1.82, 2.24) is 0 Å². The molecule has 0 spiro atoms. The fraction of sp³-hybridized carbons (Fsp3) is 0.250. The minimum Gasteiger partial charge on any atom is -0.365 e. The van der Waals surface area contributed by atoms with Crippen LogP contribution in [-0.2, 0) is 12.8 Å². The number of carbonyl (C=O) groups is 2. The Morgan fingerprint density at radius 2 is 1.82 bits per heavy atom. The normalized spacial score (nSPS) is 12.5. The molecule has 6 heteroatoms. The van der Waals surface area contributed by atoms with Crippen LogP contribution in [0.4, 0.5) is 9.80 Å². The van der Waals surface area contributed by atoms with Crippen LogP contribution in [0.5, 0.6) is 0 Å². The average Bonchev–Trinajstić information content (AvgIpc) is 2.80. The van der Waals surface area contributed by atoms with Gasteiger partial charge >= 0.3 is 6.03 Å². The fourth-order valence-corrected chi connectivity index (χ4v) is 4.35. The zero-order chi connectivity index (χ0) is 16.0. The van der Waals surface area contributed by atoms with Gasteiger partial charge < -0.3 is 11.5 Å². The van der Waals surface area contributed by atoms with E-state index in [0.717, 1.165) is 28.8 Å². The molecule has 5 N–H and O–H groups in total. The Morgan fingerprint density at radius 1 is 1.14 bits per heavy atom. The monoisotopic (exact) mass is 315 g/mol. The number of hydrogen-bond donors (Lipinski definition) is 3. The van der Waals surface area contributed by atoms with Crippen molar-refractivity contribution < 1.29 is 9.59 Å². The highest BCUT2D eigenvalue weighted by molar-refractivity contribution is 7.20. The smallest absolute Gasteiger partial charge is 0.317 e. The number of fused-ring (bicyclic) bond motifs is 3. The number of thiophene rings is 1. The molecule has 0 aliphatic heterocycles. The van der Waals surface area contributed by atoms with Crippen molar-refractivity contribution in [1.29, 1.82) is 0 Å². The van der Waals surface area contributed by atoms with Crippen molar-refractivity contribution in [2.75, 3.05) is 5.32 Å². The van der Waals surface area contributed by atoms with Crippen molar-refractivity contribution in [3.63, 3.8) is 0 Å². The van der Waals surface area contributed by atoms with E-state index in [2.05, 4.69) is 31.3 Å². The Hall–Kier alpha value is -2.34. The minimum absolute atomic E-state index is 0.391. The van der Waals surface area contributed by atoms with Crippen LogP contribution >= 0.6 is 11.3 Å². The zero-order valence-electron chi connectivity index (χ0n) is 12.4. The zero-order valence-corrected chi connectivity index (χ0v) is 13.3. The van der Waals surface area contributed by atoms with E-state index in [1.165, 1.54) is 28.0 Å². The lowest BCUT2D eigenvalue weighted by molar-refractivity contribution is 0.100. The van der Waals surface area contributed by atoms with Crippen LogP contribution in [-0.4, -0.2) is 11.9 Å². The van der Waals surface area contributed by atoms with Crippen molar-refractivity contribution in [2.24, 2.45) is 11.5 Å². The Kier molecular flexibility index (Phi) is 3.41. The van der Waals surface area contributed by atoms with Crippen LogP contribution in [0.3, 0.4) is 0 Å². The largest absolute Gasteiger partial charge is 0.365 e. The first-order valence-corrected chi connectivity index (χ1v) is 7.83. The third kappa shape index (κ3) is 2.16. The number of anilines is 1. The molecule has 3 rings (SSSR count). The molecule has 0 unspecified atom stereocenters. The third-order valence-corrected chi connectivity index (χ3v) is 5.41. The van der Waals surface area contributed by atoms with E-state index < -0.39 is 11.9 Å². The molecule has 5 nitrogen and oxygen atoms in total. The van der Waals surface area contributed by atoms with Crippen LogP contribution in [0.25, 0.3) is 10.4 Å². The maximum atomic E-state index is 11.8. The molecule has 0 saturated carbocycles. The first-order valence-electron chi connectivity index (χ1n) is 7.01. The van der Waals surface area contributed by atoms with E-state index in [4.69, 9.17) is 11.5 Å². The van der Waals surface area contributed by atoms with Gasteiger partial charge in [-0.05, 0) is 54.5 Å². The molecule has 22 heavy (non-hydrogen) atoms. The molecule has 0 saturated heterocycles. The summed E-state index contributed by atoms with van der Waals surface area (Å²) in [7, 11) is 0. The number of aryl methyl sites for hydroxylation is 1. The highest BCUT2D eigenvalue weighted by atomic mass is 32.1. The maximum absolute atomic E-state index is 11.8. The molecular weight excluding hydrogens is 298 g/mol. The highest BCUT2D eigenvalue weighted by Crippen LogP contribution is 2.45. The summed E-state index contributed by atoms with van der Waals surface area (Å²) in [5.74, 6) is -0.534. The second kappa shape index (κ2) is 5.14. The van der Waals surface area contributed by atoms with Gasteiger partial charge in [-0.15, -0.1) is 11.3 Å². The molecule has 0 atom stereocenters. The average molecular weight is 315 g/mol. The van der Waals surface area contributed by atoms with Gasteiger partial charge in [0.2, 0.25) is 0 Å². The number of benzene rings is 1. The van der Waals surface area contributed by atoms with Crippen molar-refractivity contribution >= 4 is 28.3 Å². The lowest BCUT2D eigenvalue weighted by Crippen LogP contribution is -2.22. The van der Waals surface area contributed by atoms with Gasteiger partial charge in [-0.1, -0.05) is 12.1 Å². The number of amides is 3. The lowest BCUT2D eigenvalue weighted by Gasteiger charge is -2.20. The van der Waals surface area contributed by atoms with Gasteiger partial charge in [-0.3, -0.25) is 10.1 Å². The van der Waals surface area contributed by atoms with Gasteiger partial charge in [0.1, 0.15) is 5.00 Å². The number of nitrogens with one attached hydrogen (secondary N) is 1. The van der Waals surface area contributed by atoms with Crippen molar-refractivity contribution in [2.45, 2.75) is 26.7 Å². The molecule has 3 amide bonds. The predicted molar refractivity (Wildman–Crippen MR) is 88.4 cm³/mol. The molecular formula is C16H17N3O2S. The summed E-state index contributed by atoms with van der Waals surface area (Å²) in [5, 5.41) is 2.97. The van der Waals surface area contributed by atoms with E-state index in [1.54, 1.807) is 0 Å². The van der Waals surface area contributed by atoms with E-state index in [1.807, 2.05) is 0 Å². The molecule has 0 bridgehead atoms. The Morgan fingerprint density at radius 3 is 2.45 bits per heavy atom. The summed E-state index contributed by atoms with van der Waals surface area (Å²) >= 11 is 1.36. The van der Waals surface area contributed by atoms with Gasteiger partial charge in [0.05, 0.1) is 5.56 Å². The van der Waals surface area contributed by atoms with E-state index in [0.29, 0.717) is 10.6 Å². The first-order chi connectivity index (χ1) is 10.4. The standard InChI is InChI=1S/C16H17N3O2S/c1-7-3-4-10-9(8(7)2)5-6-11-12(14(17)20)15(19-16(18)21)22-13(10)11/h3-4H,5-6H2,1-2H3,(H2,17,20)(H3,18,19,21). The Bertz CT molecular complexity index is 808. The molecule has 0 radical (unpaired) electrons. The van der Waals surface area contributed by atoms with Gasteiger partial charge in [-0.2, -0.15) is 0 Å². The summed E-state index contributed by atoms with van der Waals surface area (Å²) in [6, 6.07) is 3.46. The fourth-order valence-electron chi connectivity index (χ4n) is 3.04. The second-order valence-electron chi connectivity index (χ2n) is 5.50. The number of urea groups is 1. The van der Waals surface area contributed by atoms with Gasteiger partial charge in [0, 0.05) is 4.88 Å². The Balaban J connectivity index is 2.24. The molecule has 2 aromatic rings. The summed E-state index contributed by atoms with van der Waals surface area (Å²) in [5.41, 5.74) is 17.0. The van der Waals surface area contributed by atoms with Crippen molar-refractivity contribution in [3.05, 3.63) is 39.9 Å². The molecule has 1 aliphatic carbocycles. The number of nitrogens with two attached hydrogens (primary N) is 2. The summed E-state index contributed by atoms with van der Waals surface area (Å²) in [6.07, 6.45) is 1.60. The molecule has 1 heterocycles. The van der Waals surface area contributed by atoms with E-state index >= 15 is 0 Å². The number of rotatable bonds is 2. The minimum atomic E-state index is -0.693.